The SMILES string of the molecule is CC(C)(C)c1ccc(S(=O)(=O)N(Cc2ccc(Cl)c(SC(F)(F)F)c2)C2CCNCC2)cc1. The van der Waals surface area contributed by atoms with E-state index in [4.69, 9.17) is 11.6 Å². The van der Waals surface area contributed by atoms with E-state index in [1.807, 2.05) is 12.1 Å². The highest BCUT2D eigenvalue weighted by molar-refractivity contribution is 8.00. The number of nitrogens with zero attached hydrogens (tertiary/aromatic N) is 1. The Labute approximate surface area is 202 Å². The number of rotatable bonds is 6. The molecule has 0 bridgehead atoms. The van der Waals surface area contributed by atoms with Crippen LogP contribution in [0.1, 0.15) is 44.7 Å². The lowest BCUT2D eigenvalue weighted by molar-refractivity contribution is -0.0328. The topological polar surface area (TPSA) is 49.4 Å². The van der Waals surface area contributed by atoms with E-state index in [1.165, 1.54) is 16.4 Å². The van der Waals surface area contributed by atoms with Crippen molar-refractivity contribution in [3.05, 3.63) is 58.6 Å². The van der Waals surface area contributed by atoms with Crippen molar-refractivity contribution in [1.82, 2.24) is 9.62 Å². The number of hydrogen-bond donors (Lipinski definition) is 1. The van der Waals surface area contributed by atoms with Crippen molar-refractivity contribution >= 4 is 33.4 Å². The van der Waals surface area contributed by atoms with Gasteiger partial charge in [-0.05, 0) is 78.5 Å². The zero-order chi connectivity index (χ0) is 24.4. The Balaban J connectivity index is 1.96. The van der Waals surface area contributed by atoms with Crippen LogP contribution in [0.25, 0.3) is 0 Å². The monoisotopic (exact) mass is 520 g/mol. The fraction of sp³-hybridized carbons (Fsp3) is 0.478. The third kappa shape index (κ3) is 6.88. The van der Waals surface area contributed by atoms with Crippen LogP contribution >= 0.6 is 23.4 Å². The van der Waals surface area contributed by atoms with E-state index in [0.717, 1.165) is 5.56 Å². The fourth-order valence-electron chi connectivity index (χ4n) is 3.80. The van der Waals surface area contributed by atoms with Crippen LogP contribution in [-0.4, -0.2) is 37.4 Å². The Kier molecular flexibility index (Phi) is 8.11. The Morgan fingerprint density at radius 1 is 1.06 bits per heavy atom. The summed E-state index contributed by atoms with van der Waals surface area (Å²) >= 11 is 5.67. The molecule has 1 heterocycles. The summed E-state index contributed by atoms with van der Waals surface area (Å²) in [4.78, 5) is 0.0340. The average molecular weight is 521 g/mol. The van der Waals surface area contributed by atoms with Crippen molar-refractivity contribution in [3.63, 3.8) is 0 Å². The van der Waals surface area contributed by atoms with Gasteiger partial charge in [-0.2, -0.15) is 17.5 Å². The van der Waals surface area contributed by atoms with E-state index in [1.54, 1.807) is 18.2 Å². The molecule has 0 atom stereocenters. The van der Waals surface area contributed by atoms with Gasteiger partial charge in [0.1, 0.15) is 0 Å². The zero-order valence-corrected chi connectivity index (χ0v) is 21.1. The summed E-state index contributed by atoms with van der Waals surface area (Å²) < 4.78 is 67.5. The molecule has 0 aromatic heterocycles. The smallest absolute Gasteiger partial charge is 0.317 e. The van der Waals surface area contributed by atoms with Crippen LogP contribution in [0.4, 0.5) is 13.2 Å². The molecule has 1 N–H and O–H groups in total. The van der Waals surface area contributed by atoms with Gasteiger partial charge in [0.05, 0.1) is 9.92 Å². The lowest BCUT2D eigenvalue weighted by atomic mass is 9.87. The van der Waals surface area contributed by atoms with Gasteiger partial charge < -0.3 is 5.32 Å². The molecule has 2 aromatic carbocycles. The highest BCUT2D eigenvalue weighted by Gasteiger charge is 2.34. The lowest BCUT2D eigenvalue weighted by Gasteiger charge is -2.34. The average Bonchev–Trinajstić information content (AvgIpc) is 2.73. The van der Waals surface area contributed by atoms with Crippen LogP contribution in [0.5, 0.6) is 0 Å². The molecule has 0 radical (unpaired) electrons. The van der Waals surface area contributed by atoms with E-state index in [9.17, 15) is 21.6 Å². The van der Waals surface area contributed by atoms with Gasteiger partial charge in [0.25, 0.3) is 0 Å². The molecule has 1 aliphatic rings. The van der Waals surface area contributed by atoms with E-state index in [0.29, 0.717) is 31.5 Å². The second-order valence-electron chi connectivity index (χ2n) is 9.12. The van der Waals surface area contributed by atoms with Gasteiger partial charge in [0.15, 0.2) is 0 Å². The number of alkyl halides is 3. The van der Waals surface area contributed by atoms with Crippen LogP contribution in [0.15, 0.2) is 52.3 Å². The minimum atomic E-state index is -4.49. The van der Waals surface area contributed by atoms with Crippen LogP contribution in [-0.2, 0) is 22.0 Å². The molecule has 1 aliphatic heterocycles. The van der Waals surface area contributed by atoms with Crippen molar-refractivity contribution in [3.8, 4) is 0 Å². The number of hydrogen-bond acceptors (Lipinski definition) is 4. The first-order valence-electron chi connectivity index (χ1n) is 10.6. The summed E-state index contributed by atoms with van der Waals surface area (Å²) in [5.41, 5.74) is -3.13. The minimum Gasteiger partial charge on any atom is -0.317 e. The molecule has 0 spiro atoms. The van der Waals surface area contributed by atoms with E-state index < -0.39 is 15.5 Å². The van der Waals surface area contributed by atoms with Crippen molar-refractivity contribution in [1.29, 1.82) is 0 Å². The summed E-state index contributed by atoms with van der Waals surface area (Å²) in [6.07, 6.45) is 1.24. The van der Waals surface area contributed by atoms with Gasteiger partial charge in [-0.25, -0.2) is 8.42 Å². The second kappa shape index (κ2) is 10.2. The number of nitrogens with one attached hydrogen (secondary N) is 1. The Hall–Kier alpha value is -1.26. The van der Waals surface area contributed by atoms with Gasteiger partial charge in [-0.15, -0.1) is 0 Å². The Morgan fingerprint density at radius 2 is 1.67 bits per heavy atom. The predicted molar refractivity (Wildman–Crippen MR) is 127 cm³/mol. The van der Waals surface area contributed by atoms with Gasteiger partial charge >= 0.3 is 5.51 Å². The highest BCUT2D eigenvalue weighted by atomic mass is 35.5. The minimum absolute atomic E-state index is 0.0184. The molecule has 1 fully saturated rings. The molecule has 4 nitrogen and oxygen atoms in total. The maximum atomic E-state index is 13.7. The molecule has 0 amide bonds. The van der Waals surface area contributed by atoms with Crippen LogP contribution in [0.2, 0.25) is 5.02 Å². The third-order valence-electron chi connectivity index (χ3n) is 5.60. The number of sulfonamides is 1. The molecular formula is C23H28ClF3N2O2S2. The van der Waals surface area contributed by atoms with Crippen LogP contribution in [0, 0.1) is 0 Å². The first kappa shape index (κ1) is 26.3. The number of piperidine rings is 1. The van der Waals surface area contributed by atoms with Gasteiger partial charge in [-0.1, -0.05) is 50.6 Å². The lowest BCUT2D eigenvalue weighted by Crippen LogP contribution is -2.45. The molecule has 182 valence electrons. The fourth-order valence-corrected chi connectivity index (χ4v) is 6.33. The molecule has 3 rings (SSSR count). The van der Waals surface area contributed by atoms with Crippen molar-refractivity contribution < 1.29 is 21.6 Å². The summed E-state index contributed by atoms with van der Waals surface area (Å²) in [6.45, 7) is 7.47. The standard InChI is InChI=1S/C23H28ClF3N2O2S2/c1-22(2,3)17-5-7-19(8-6-17)33(30,31)29(18-10-12-28-13-11-18)15-16-4-9-20(24)21(14-16)32-23(25,26)27/h4-9,14,18,28H,10-13,15H2,1-3H3. The summed E-state index contributed by atoms with van der Waals surface area (Å²) in [6, 6.07) is 10.9. The maximum Gasteiger partial charge on any atom is 0.446 e. The summed E-state index contributed by atoms with van der Waals surface area (Å²) in [5, 5.41) is 3.21. The van der Waals surface area contributed by atoms with Crippen molar-refractivity contribution in [2.45, 2.75) is 66.9 Å². The molecule has 33 heavy (non-hydrogen) atoms. The molecule has 0 aliphatic carbocycles. The van der Waals surface area contributed by atoms with E-state index in [2.05, 4.69) is 26.1 Å². The van der Waals surface area contributed by atoms with Gasteiger partial charge in [0, 0.05) is 17.5 Å². The largest absolute Gasteiger partial charge is 0.446 e. The number of halogens is 4. The number of benzene rings is 2. The summed E-state index contributed by atoms with van der Waals surface area (Å²) in [7, 11) is -3.88. The van der Waals surface area contributed by atoms with E-state index >= 15 is 0 Å². The maximum absolute atomic E-state index is 13.7. The second-order valence-corrected chi connectivity index (χ2v) is 12.5. The van der Waals surface area contributed by atoms with Gasteiger partial charge in [-0.3, -0.25) is 0 Å². The Morgan fingerprint density at radius 3 is 2.21 bits per heavy atom. The quantitative estimate of drug-likeness (QED) is 0.461. The van der Waals surface area contributed by atoms with Crippen molar-refractivity contribution in [2.24, 2.45) is 0 Å². The highest BCUT2D eigenvalue weighted by Crippen LogP contribution is 2.41. The molecule has 1 saturated heterocycles. The molecule has 0 saturated carbocycles. The normalized spacial score (nSPS) is 16.4. The predicted octanol–water partition coefficient (Wildman–Crippen LogP) is 6.19. The van der Waals surface area contributed by atoms with E-state index in [-0.39, 0.29) is 44.6 Å². The Bertz CT molecular complexity index is 1060. The summed E-state index contributed by atoms with van der Waals surface area (Å²) in [5.74, 6) is 0. The first-order valence-corrected chi connectivity index (χ1v) is 13.3. The first-order chi connectivity index (χ1) is 15.3. The van der Waals surface area contributed by atoms with Crippen molar-refractivity contribution in [2.75, 3.05) is 13.1 Å². The van der Waals surface area contributed by atoms with Crippen LogP contribution < -0.4 is 5.32 Å². The zero-order valence-electron chi connectivity index (χ0n) is 18.7. The van der Waals surface area contributed by atoms with Crippen LogP contribution in [0.3, 0.4) is 0 Å². The molecular weight excluding hydrogens is 493 g/mol. The molecule has 10 heteroatoms. The molecule has 2 aromatic rings. The molecule has 0 unspecified atom stereocenters. The number of thioether (sulfide) groups is 1. The van der Waals surface area contributed by atoms with Gasteiger partial charge in [0.2, 0.25) is 10.0 Å². The third-order valence-corrected chi connectivity index (χ3v) is 8.75.